The Morgan fingerprint density at radius 3 is 2.30 bits per heavy atom. The van der Waals surface area contributed by atoms with Crippen molar-refractivity contribution in [1.29, 1.82) is 0 Å². The number of aryl methyl sites for hydroxylation is 2. The molecule has 0 amide bonds. The summed E-state index contributed by atoms with van der Waals surface area (Å²) in [5.74, 6) is 6.06. The van der Waals surface area contributed by atoms with E-state index >= 15 is 0 Å². The van der Waals surface area contributed by atoms with Crippen LogP contribution in [0, 0.1) is 19.8 Å². The summed E-state index contributed by atoms with van der Waals surface area (Å²) in [6.45, 7) is 4.09. The molecule has 6 heteroatoms. The zero-order valence-corrected chi connectivity index (χ0v) is 12.9. The van der Waals surface area contributed by atoms with Crippen molar-refractivity contribution < 1.29 is 8.42 Å². The Labute approximate surface area is 121 Å². The highest BCUT2D eigenvalue weighted by Gasteiger charge is 2.22. The highest BCUT2D eigenvalue weighted by molar-refractivity contribution is 7.89. The lowest BCUT2D eigenvalue weighted by molar-refractivity contribution is 0.297. The number of benzene rings is 1. The predicted octanol–water partition coefficient (Wildman–Crippen LogP) is 2.06. The average Bonchev–Trinajstić information content (AvgIpc) is 2.30. The van der Waals surface area contributed by atoms with Gasteiger partial charge in [0.05, 0.1) is 4.90 Å². The minimum absolute atomic E-state index is 0.366. The molecular formula is C14H23N3O2S. The Hall–Kier alpha value is -1.11. The van der Waals surface area contributed by atoms with Crippen LogP contribution in [0.15, 0.2) is 17.0 Å². The topological polar surface area (TPSA) is 84.2 Å². The molecule has 1 saturated carbocycles. The molecule has 4 N–H and O–H groups in total. The summed E-state index contributed by atoms with van der Waals surface area (Å²) in [6, 6.07) is 3.49. The third-order valence-corrected chi connectivity index (χ3v) is 5.73. The maximum atomic E-state index is 12.4. The first kappa shape index (κ1) is 15.3. The van der Waals surface area contributed by atoms with Gasteiger partial charge < -0.3 is 5.43 Å². The molecule has 1 fully saturated rings. The minimum atomic E-state index is -3.44. The fourth-order valence-electron chi connectivity index (χ4n) is 2.71. The van der Waals surface area contributed by atoms with Crippen molar-refractivity contribution in [1.82, 2.24) is 4.72 Å². The molecule has 1 aliphatic rings. The number of hydrogen-bond donors (Lipinski definition) is 3. The molecule has 5 nitrogen and oxygen atoms in total. The van der Waals surface area contributed by atoms with E-state index in [1.165, 1.54) is 19.3 Å². The molecule has 2 rings (SSSR count). The van der Waals surface area contributed by atoms with Crippen LogP contribution in [0.25, 0.3) is 0 Å². The van der Waals surface area contributed by atoms with Crippen LogP contribution in [0.1, 0.15) is 36.8 Å². The van der Waals surface area contributed by atoms with E-state index in [-0.39, 0.29) is 0 Å². The lowest BCUT2D eigenvalue weighted by Gasteiger charge is -2.25. The first-order valence-corrected chi connectivity index (χ1v) is 8.50. The van der Waals surface area contributed by atoms with E-state index in [1.807, 2.05) is 0 Å². The van der Waals surface area contributed by atoms with Crippen LogP contribution in [0.3, 0.4) is 0 Å². The first-order chi connectivity index (χ1) is 9.44. The quantitative estimate of drug-likeness (QED) is 0.554. The van der Waals surface area contributed by atoms with Gasteiger partial charge in [0, 0.05) is 12.2 Å². The number of rotatable bonds is 6. The van der Waals surface area contributed by atoms with Gasteiger partial charge in [0.2, 0.25) is 10.0 Å². The molecule has 0 aliphatic heterocycles. The van der Waals surface area contributed by atoms with Crippen molar-refractivity contribution in [2.45, 2.75) is 44.4 Å². The van der Waals surface area contributed by atoms with Crippen LogP contribution in [-0.2, 0) is 10.0 Å². The molecule has 1 aliphatic carbocycles. The van der Waals surface area contributed by atoms with E-state index in [4.69, 9.17) is 5.84 Å². The number of hydrogen-bond acceptors (Lipinski definition) is 4. The Kier molecular flexibility index (Phi) is 4.67. The lowest BCUT2D eigenvalue weighted by Crippen LogP contribution is -2.28. The summed E-state index contributed by atoms with van der Waals surface area (Å²) in [4.78, 5) is 0.366. The second-order valence-electron chi connectivity index (χ2n) is 5.57. The summed E-state index contributed by atoms with van der Waals surface area (Å²) in [5, 5.41) is 0. The molecular weight excluding hydrogens is 274 g/mol. The SMILES string of the molecule is Cc1cc(NN)cc(C)c1S(=O)(=O)NCCC1CCC1. The molecule has 0 saturated heterocycles. The molecule has 0 bridgehead atoms. The van der Waals surface area contributed by atoms with Gasteiger partial charge in [0.25, 0.3) is 0 Å². The number of hydrazine groups is 1. The van der Waals surface area contributed by atoms with Crippen molar-refractivity contribution >= 4 is 15.7 Å². The molecule has 112 valence electrons. The summed E-state index contributed by atoms with van der Waals surface area (Å²) in [5.41, 5.74) is 4.67. The standard InChI is InChI=1S/C14H23N3O2S/c1-10-8-13(17-15)9-11(2)14(10)20(18,19)16-7-6-12-4-3-5-12/h8-9,12,16-17H,3-7,15H2,1-2H3. The van der Waals surface area contributed by atoms with E-state index < -0.39 is 10.0 Å². The summed E-state index contributed by atoms with van der Waals surface area (Å²) in [6.07, 6.45) is 4.68. The molecule has 0 spiro atoms. The van der Waals surface area contributed by atoms with Gasteiger partial charge in [0.1, 0.15) is 0 Å². The van der Waals surface area contributed by atoms with Crippen LogP contribution >= 0.6 is 0 Å². The zero-order valence-electron chi connectivity index (χ0n) is 12.1. The van der Waals surface area contributed by atoms with Crippen LogP contribution < -0.4 is 16.0 Å². The number of sulfonamides is 1. The maximum Gasteiger partial charge on any atom is 0.241 e. The van der Waals surface area contributed by atoms with Gasteiger partial charge in [-0.3, -0.25) is 5.84 Å². The number of nitrogens with two attached hydrogens (primary N) is 1. The van der Waals surface area contributed by atoms with E-state index in [0.29, 0.717) is 34.2 Å². The number of anilines is 1. The van der Waals surface area contributed by atoms with Crippen molar-refractivity contribution in [3.05, 3.63) is 23.3 Å². The van der Waals surface area contributed by atoms with Crippen LogP contribution in [-0.4, -0.2) is 15.0 Å². The van der Waals surface area contributed by atoms with Gasteiger partial charge in [-0.1, -0.05) is 19.3 Å². The normalized spacial score (nSPS) is 15.9. The van der Waals surface area contributed by atoms with Crippen LogP contribution in [0.4, 0.5) is 5.69 Å². The van der Waals surface area contributed by atoms with Gasteiger partial charge in [-0.25, -0.2) is 13.1 Å². The fraction of sp³-hybridized carbons (Fsp3) is 0.571. The average molecular weight is 297 g/mol. The van der Waals surface area contributed by atoms with Crippen LogP contribution in [0.5, 0.6) is 0 Å². The molecule has 0 heterocycles. The molecule has 0 aromatic heterocycles. The van der Waals surface area contributed by atoms with Gasteiger partial charge in [-0.05, 0) is 49.4 Å². The Morgan fingerprint density at radius 1 is 1.25 bits per heavy atom. The third-order valence-electron chi connectivity index (χ3n) is 3.97. The van der Waals surface area contributed by atoms with Gasteiger partial charge in [-0.2, -0.15) is 0 Å². The Bertz CT molecular complexity index is 557. The predicted molar refractivity (Wildman–Crippen MR) is 80.9 cm³/mol. The Morgan fingerprint density at radius 2 is 1.85 bits per heavy atom. The van der Waals surface area contributed by atoms with Crippen molar-refractivity contribution in [3.63, 3.8) is 0 Å². The molecule has 1 aromatic rings. The molecule has 1 aromatic carbocycles. The summed E-state index contributed by atoms with van der Waals surface area (Å²) < 4.78 is 27.5. The second kappa shape index (κ2) is 6.11. The number of nitrogen functional groups attached to an aromatic ring is 1. The Balaban J connectivity index is 2.11. The van der Waals surface area contributed by atoms with E-state index in [2.05, 4.69) is 10.1 Å². The van der Waals surface area contributed by atoms with Gasteiger partial charge >= 0.3 is 0 Å². The summed E-state index contributed by atoms with van der Waals surface area (Å²) >= 11 is 0. The van der Waals surface area contributed by atoms with Gasteiger partial charge in [-0.15, -0.1) is 0 Å². The third kappa shape index (κ3) is 3.31. The van der Waals surface area contributed by atoms with Crippen molar-refractivity contribution in [3.8, 4) is 0 Å². The number of nitrogens with one attached hydrogen (secondary N) is 2. The highest BCUT2D eigenvalue weighted by atomic mass is 32.2. The van der Waals surface area contributed by atoms with E-state index in [0.717, 1.165) is 6.42 Å². The first-order valence-electron chi connectivity index (χ1n) is 7.01. The molecule has 0 atom stereocenters. The molecule has 20 heavy (non-hydrogen) atoms. The largest absolute Gasteiger partial charge is 0.324 e. The van der Waals surface area contributed by atoms with Crippen LogP contribution in [0.2, 0.25) is 0 Å². The van der Waals surface area contributed by atoms with Gasteiger partial charge in [0.15, 0.2) is 0 Å². The maximum absolute atomic E-state index is 12.4. The van der Waals surface area contributed by atoms with Crippen molar-refractivity contribution in [2.24, 2.45) is 11.8 Å². The monoisotopic (exact) mass is 297 g/mol. The zero-order chi connectivity index (χ0) is 14.8. The highest BCUT2D eigenvalue weighted by Crippen LogP contribution is 2.29. The van der Waals surface area contributed by atoms with Crippen molar-refractivity contribution in [2.75, 3.05) is 12.0 Å². The summed E-state index contributed by atoms with van der Waals surface area (Å²) in [7, 11) is -3.44. The smallest absolute Gasteiger partial charge is 0.241 e. The van der Waals surface area contributed by atoms with E-state index in [9.17, 15) is 8.42 Å². The minimum Gasteiger partial charge on any atom is -0.324 e. The molecule has 0 unspecified atom stereocenters. The van der Waals surface area contributed by atoms with E-state index in [1.54, 1.807) is 26.0 Å². The molecule has 0 radical (unpaired) electrons. The fourth-order valence-corrected chi connectivity index (χ4v) is 4.21. The second-order valence-corrected chi connectivity index (χ2v) is 7.27. The lowest BCUT2D eigenvalue weighted by atomic mass is 9.83.